The molecule has 1 fully saturated rings. The number of carbonyl (C=O) groups is 1. The van der Waals surface area contributed by atoms with Crippen LogP contribution in [0.2, 0.25) is 5.02 Å². The third kappa shape index (κ3) is 4.13. The van der Waals surface area contributed by atoms with Crippen molar-refractivity contribution >= 4 is 28.5 Å². The van der Waals surface area contributed by atoms with Crippen molar-refractivity contribution in [1.82, 2.24) is 24.3 Å². The fourth-order valence-corrected chi connectivity index (χ4v) is 4.12. The predicted molar refractivity (Wildman–Crippen MR) is 124 cm³/mol. The van der Waals surface area contributed by atoms with Gasteiger partial charge in [-0.3, -0.25) is 9.36 Å². The van der Waals surface area contributed by atoms with Gasteiger partial charge in [0.2, 0.25) is 5.91 Å². The van der Waals surface area contributed by atoms with Gasteiger partial charge in [-0.2, -0.15) is 4.98 Å². The number of hydrogen-bond donors (Lipinski definition) is 0. The highest BCUT2D eigenvalue weighted by Gasteiger charge is 2.22. The normalized spacial score (nSPS) is 14.9. The molecule has 0 aliphatic carbocycles. The number of benzene rings is 2. The number of nitrogens with zero attached hydrogens (tertiary/aromatic N) is 5. The Morgan fingerprint density at radius 2 is 1.81 bits per heavy atom. The molecule has 2 aromatic heterocycles. The molecule has 3 heterocycles. The van der Waals surface area contributed by atoms with Crippen LogP contribution in [0.5, 0.6) is 0 Å². The first kappa shape index (κ1) is 20.7. The first-order valence-electron chi connectivity index (χ1n) is 10.7. The molecule has 0 spiro atoms. The zero-order valence-corrected chi connectivity index (χ0v) is 18.6. The van der Waals surface area contributed by atoms with Crippen LogP contribution >= 0.6 is 11.6 Å². The third-order valence-corrected chi connectivity index (χ3v) is 6.14. The van der Waals surface area contributed by atoms with Crippen LogP contribution in [0.25, 0.3) is 28.3 Å². The van der Waals surface area contributed by atoms with E-state index in [0.29, 0.717) is 29.6 Å². The molecular weight excluding hydrogens is 426 g/mol. The van der Waals surface area contributed by atoms with E-state index in [1.54, 1.807) is 6.33 Å². The molecule has 164 valence electrons. The Morgan fingerprint density at radius 3 is 2.59 bits per heavy atom. The molecule has 32 heavy (non-hydrogen) atoms. The average Bonchev–Trinajstić information content (AvgIpc) is 3.43. The lowest BCUT2D eigenvalue weighted by molar-refractivity contribution is -0.132. The lowest BCUT2D eigenvalue weighted by atomic mass is 10.1. The van der Waals surface area contributed by atoms with Gasteiger partial charge in [0, 0.05) is 49.6 Å². The van der Waals surface area contributed by atoms with Crippen molar-refractivity contribution < 1.29 is 9.21 Å². The molecule has 7 nitrogen and oxygen atoms in total. The molecule has 4 aromatic rings. The van der Waals surface area contributed by atoms with Crippen LogP contribution in [-0.2, 0) is 11.2 Å². The highest BCUT2D eigenvalue weighted by atomic mass is 35.5. The number of fused-ring (bicyclic) bond motifs is 1. The lowest BCUT2D eigenvalue weighted by Gasteiger charge is -2.32. The predicted octanol–water partition coefficient (Wildman–Crippen LogP) is 4.04. The number of para-hydroxylation sites is 2. The van der Waals surface area contributed by atoms with E-state index in [0.717, 1.165) is 48.5 Å². The second-order valence-corrected chi connectivity index (χ2v) is 8.50. The number of likely N-dealkylation sites (N-methyl/N-ethyl adjacent to an activating group) is 1. The zero-order valence-electron chi connectivity index (χ0n) is 17.9. The maximum atomic E-state index is 12.8. The molecule has 1 saturated heterocycles. The number of halogens is 1. The standard InChI is InChI=1S/C24H24ClN5O2/c1-28-12-14-29(15-13-28)22(31)11-10-21-23(17-6-8-18(25)9-7-17)27-24(32-21)30-16-26-19-4-2-3-5-20(19)30/h2-9,16H,10-15H2,1H3. The number of hydrogen-bond acceptors (Lipinski definition) is 5. The number of amides is 1. The van der Waals surface area contributed by atoms with Gasteiger partial charge in [-0.05, 0) is 31.3 Å². The number of piperazine rings is 1. The Balaban J connectivity index is 1.45. The highest BCUT2D eigenvalue weighted by molar-refractivity contribution is 6.30. The van der Waals surface area contributed by atoms with Crippen LogP contribution in [0.15, 0.2) is 59.3 Å². The Bertz CT molecular complexity index is 1240. The van der Waals surface area contributed by atoms with Crippen LogP contribution < -0.4 is 0 Å². The van der Waals surface area contributed by atoms with E-state index in [1.165, 1.54) is 0 Å². The van der Waals surface area contributed by atoms with Gasteiger partial charge in [-0.15, -0.1) is 0 Å². The number of oxazole rings is 1. The molecule has 1 aliphatic heterocycles. The van der Waals surface area contributed by atoms with E-state index < -0.39 is 0 Å². The highest BCUT2D eigenvalue weighted by Crippen LogP contribution is 2.29. The van der Waals surface area contributed by atoms with Crippen LogP contribution in [0.1, 0.15) is 12.2 Å². The Kier molecular flexibility index (Phi) is 5.68. The van der Waals surface area contributed by atoms with Gasteiger partial charge in [-0.1, -0.05) is 35.9 Å². The minimum Gasteiger partial charge on any atom is -0.427 e. The molecule has 2 aromatic carbocycles. The number of carbonyl (C=O) groups excluding carboxylic acids is 1. The van der Waals surface area contributed by atoms with Crippen molar-refractivity contribution in [3.8, 4) is 17.3 Å². The molecule has 5 rings (SSSR count). The second-order valence-electron chi connectivity index (χ2n) is 8.06. The van der Waals surface area contributed by atoms with Crippen molar-refractivity contribution in [2.45, 2.75) is 12.8 Å². The molecule has 8 heteroatoms. The van der Waals surface area contributed by atoms with Gasteiger partial charge in [0.25, 0.3) is 0 Å². The summed E-state index contributed by atoms with van der Waals surface area (Å²) in [5, 5.41) is 0.657. The quantitative estimate of drug-likeness (QED) is 0.460. The van der Waals surface area contributed by atoms with Gasteiger partial charge < -0.3 is 14.2 Å². The number of aromatic nitrogens is 3. The summed E-state index contributed by atoms with van der Waals surface area (Å²) in [7, 11) is 2.08. The van der Waals surface area contributed by atoms with E-state index in [-0.39, 0.29) is 5.91 Å². The molecule has 0 atom stereocenters. The average molecular weight is 450 g/mol. The van der Waals surface area contributed by atoms with Crippen molar-refractivity contribution in [2.24, 2.45) is 0 Å². The Hall–Kier alpha value is -3.16. The molecule has 0 radical (unpaired) electrons. The Labute approximate surface area is 191 Å². The fourth-order valence-electron chi connectivity index (χ4n) is 3.99. The van der Waals surface area contributed by atoms with E-state index in [4.69, 9.17) is 21.0 Å². The summed E-state index contributed by atoms with van der Waals surface area (Å²) in [6, 6.07) is 15.8. The molecule has 1 aliphatic rings. The summed E-state index contributed by atoms with van der Waals surface area (Å²) < 4.78 is 8.04. The third-order valence-electron chi connectivity index (χ3n) is 5.89. The van der Waals surface area contributed by atoms with Gasteiger partial charge in [-0.25, -0.2) is 4.98 Å². The van der Waals surface area contributed by atoms with Crippen LogP contribution in [0.3, 0.4) is 0 Å². The summed E-state index contributed by atoms with van der Waals surface area (Å²) in [5.74, 6) is 0.828. The first-order chi connectivity index (χ1) is 15.6. The minimum absolute atomic E-state index is 0.145. The monoisotopic (exact) mass is 449 g/mol. The van der Waals surface area contributed by atoms with Crippen LogP contribution in [0.4, 0.5) is 0 Å². The summed E-state index contributed by atoms with van der Waals surface area (Å²) in [5.41, 5.74) is 3.40. The van der Waals surface area contributed by atoms with Crippen molar-refractivity contribution in [3.63, 3.8) is 0 Å². The minimum atomic E-state index is 0.145. The number of rotatable bonds is 5. The maximum Gasteiger partial charge on any atom is 0.308 e. The molecule has 0 N–H and O–H groups in total. The summed E-state index contributed by atoms with van der Waals surface area (Å²) in [6.45, 7) is 3.34. The summed E-state index contributed by atoms with van der Waals surface area (Å²) in [4.78, 5) is 26.2. The number of aryl methyl sites for hydroxylation is 1. The Morgan fingerprint density at radius 1 is 1.06 bits per heavy atom. The fraction of sp³-hybridized carbons (Fsp3) is 0.292. The zero-order chi connectivity index (χ0) is 22.1. The van der Waals surface area contributed by atoms with Crippen LogP contribution in [0, 0.1) is 0 Å². The van der Waals surface area contributed by atoms with E-state index in [2.05, 4.69) is 16.9 Å². The molecule has 0 unspecified atom stereocenters. The van der Waals surface area contributed by atoms with Gasteiger partial charge in [0.1, 0.15) is 17.8 Å². The van der Waals surface area contributed by atoms with E-state index in [1.807, 2.05) is 58.0 Å². The summed E-state index contributed by atoms with van der Waals surface area (Å²) in [6.07, 6.45) is 2.56. The maximum absolute atomic E-state index is 12.8. The SMILES string of the molecule is CN1CCN(C(=O)CCc2oc(-n3cnc4ccccc43)nc2-c2ccc(Cl)cc2)CC1. The van der Waals surface area contributed by atoms with Crippen LogP contribution in [-0.4, -0.2) is 63.5 Å². The van der Waals surface area contributed by atoms with Crippen molar-refractivity contribution in [2.75, 3.05) is 33.2 Å². The molecule has 1 amide bonds. The first-order valence-corrected chi connectivity index (χ1v) is 11.1. The van der Waals surface area contributed by atoms with Crippen molar-refractivity contribution in [3.05, 3.63) is 65.6 Å². The molecule has 0 saturated carbocycles. The largest absolute Gasteiger partial charge is 0.427 e. The second kappa shape index (κ2) is 8.76. The topological polar surface area (TPSA) is 67.4 Å². The smallest absolute Gasteiger partial charge is 0.308 e. The number of imidazole rings is 1. The van der Waals surface area contributed by atoms with E-state index >= 15 is 0 Å². The van der Waals surface area contributed by atoms with Gasteiger partial charge in [0.05, 0.1) is 11.0 Å². The molecular formula is C24H24ClN5O2. The van der Waals surface area contributed by atoms with Gasteiger partial charge in [0.15, 0.2) is 0 Å². The van der Waals surface area contributed by atoms with E-state index in [9.17, 15) is 4.79 Å². The van der Waals surface area contributed by atoms with Crippen molar-refractivity contribution in [1.29, 1.82) is 0 Å². The van der Waals surface area contributed by atoms with Gasteiger partial charge >= 0.3 is 6.01 Å². The molecule has 0 bridgehead atoms. The lowest BCUT2D eigenvalue weighted by Crippen LogP contribution is -2.47. The summed E-state index contributed by atoms with van der Waals surface area (Å²) >= 11 is 6.08.